The van der Waals surface area contributed by atoms with Crippen molar-refractivity contribution in [3.63, 3.8) is 0 Å². The first-order valence-corrected chi connectivity index (χ1v) is 16.6. The minimum absolute atomic E-state index is 0.187. The van der Waals surface area contributed by atoms with Gasteiger partial charge >= 0.3 is 0 Å². The third-order valence-electron chi connectivity index (χ3n) is 8.37. The highest BCUT2D eigenvalue weighted by Crippen LogP contribution is 2.28. The molecule has 4 heterocycles. The zero-order chi connectivity index (χ0) is 34.7. The molecule has 0 saturated heterocycles. The molecule has 6 rings (SSSR count). The quantitative estimate of drug-likeness (QED) is 0.100. The Labute approximate surface area is 283 Å². The number of rotatable bonds is 15. The van der Waals surface area contributed by atoms with Crippen LogP contribution < -0.4 is 27.4 Å². The molecule has 7 N–H and O–H groups in total. The summed E-state index contributed by atoms with van der Waals surface area (Å²) in [6.07, 6.45) is 1.63. The molecular formula is C34H43N13O2. The van der Waals surface area contributed by atoms with Crippen LogP contribution in [0.5, 0.6) is 0 Å². The van der Waals surface area contributed by atoms with Gasteiger partial charge in [-0.2, -0.15) is 10.2 Å². The summed E-state index contributed by atoms with van der Waals surface area (Å²) in [5.41, 5.74) is 17.1. The Morgan fingerprint density at radius 1 is 0.735 bits per heavy atom. The van der Waals surface area contributed by atoms with Crippen molar-refractivity contribution in [1.82, 2.24) is 44.0 Å². The standard InChI is InChI=1S/C34H43N13O2/c1-5-46-29(17-21(3)42-46)40-33-38-25-19-23(31(36)48)9-11-27(25)44(33)15-7-8-16-45-28-12-10-24(32(49)37-14-13-35)20-26(28)39-34(45)41-30-18-22(4)43-47(30)6-2/h9-12,17-20H,5-8,13-16,35H2,1-4H3,(H2,36,48)(H,37,49)(H,38,40)(H,39,41). The number of nitrogens with two attached hydrogens (primary N) is 2. The zero-order valence-electron chi connectivity index (χ0n) is 28.3. The van der Waals surface area contributed by atoms with Gasteiger partial charge in [-0.1, -0.05) is 0 Å². The summed E-state index contributed by atoms with van der Waals surface area (Å²) in [7, 11) is 0. The molecule has 0 radical (unpaired) electrons. The predicted molar refractivity (Wildman–Crippen MR) is 190 cm³/mol. The van der Waals surface area contributed by atoms with Gasteiger partial charge in [0, 0.05) is 62.5 Å². The van der Waals surface area contributed by atoms with E-state index in [0.717, 1.165) is 46.9 Å². The van der Waals surface area contributed by atoms with Crippen LogP contribution in [0.15, 0.2) is 48.5 Å². The van der Waals surface area contributed by atoms with Crippen molar-refractivity contribution in [2.45, 2.75) is 66.7 Å². The number of carbonyl (C=O) groups is 2. The van der Waals surface area contributed by atoms with E-state index in [9.17, 15) is 9.59 Å². The highest BCUT2D eigenvalue weighted by atomic mass is 16.2. The fraction of sp³-hybridized carbons (Fsp3) is 0.353. The molecule has 15 nitrogen and oxygen atoms in total. The average Bonchev–Trinajstić information content (AvgIpc) is 3.83. The van der Waals surface area contributed by atoms with Crippen LogP contribution >= 0.6 is 0 Å². The van der Waals surface area contributed by atoms with E-state index in [-0.39, 0.29) is 5.91 Å². The van der Waals surface area contributed by atoms with E-state index in [4.69, 9.17) is 21.4 Å². The van der Waals surface area contributed by atoms with Crippen molar-refractivity contribution in [3.05, 3.63) is 71.0 Å². The number of carbonyl (C=O) groups excluding carboxylic acids is 2. The number of unbranched alkanes of at least 4 members (excludes halogenated alkanes) is 1. The lowest BCUT2D eigenvalue weighted by Gasteiger charge is -2.14. The van der Waals surface area contributed by atoms with E-state index in [0.29, 0.717) is 73.3 Å². The molecule has 0 bridgehead atoms. The van der Waals surface area contributed by atoms with Crippen LogP contribution in [0.1, 0.15) is 58.8 Å². The van der Waals surface area contributed by atoms with Crippen LogP contribution in [0, 0.1) is 13.8 Å². The van der Waals surface area contributed by atoms with Gasteiger partial charge in [0.2, 0.25) is 17.8 Å². The molecule has 0 aliphatic carbocycles. The van der Waals surface area contributed by atoms with Crippen molar-refractivity contribution in [2.24, 2.45) is 11.5 Å². The number of benzene rings is 2. The molecule has 0 atom stereocenters. The zero-order valence-corrected chi connectivity index (χ0v) is 28.3. The largest absolute Gasteiger partial charge is 0.366 e. The fourth-order valence-corrected chi connectivity index (χ4v) is 6.03. The fourth-order valence-electron chi connectivity index (χ4n) is 6.03. The highest BCUT2D eigenvalue weighted by molar-refractivity contribution is 5.98. The Morgan fingerprint density at radius 3 is 1.69 bits per heavy atom. The smallest absolute Gasteiger partial charge is 0.251 e. The van der Waals surface area contributed by atoms with Crippen LogP contribution in [0.2, 0.25) is 0 Å². The van der Waals surface area contributed by atoms with Crippen LogP contribution in [0.25, 0.3) is 22.1 Å². The summed E-state index contributed by atoms with van der Waals surface area (Å²) in [6, 6.07) is 14.9. The van der Waals surface area contributed by atoms with Crippen LogP contribution in [0.3, 0.4) is 0 Å². The molecule has 6 aromatic rings. The first-order chi connectivity index (χ1) is 23.7. The summed E-state index contributed by atoms with van der Waals surface area (Å²) in [4.78, 5) is 34.4. The van der Waals surface area contributed by atoms with Crippen molar-refractivity contribution in [2.75, 3.05) is 23.7 Å². The minimum Gasteiger partial charge on any atom is -0.366 e. The Balaban J connectivity index is 1.28. The van der Waals surface area contributed by atoms with E-state index >= 15 is 0 Å². The number of hydrogen-bond acceptors (Lipinski definition) is 9. The Hall–Kier alpha value is -5.70. The molecule has 4 aromatic heterocycles. The van der Waals surface area contributed by atoms with Crippen molar-refractivity contribution in [1.29, 1.82) is 0 Å². The van der Waals surface area contributed by atoms with Gasteiger partial charge in [-0.05, 0) is 76.9 Å². The summed E-state index contributed by atoms with van der Waals surface area (Å²) >= 11 is 0. The number of amides is 2. The second-order valence-electron chi connectivity index (χ2n) is 11.9. The molecule has 0 aliphatic rings. The van der Waals surface area contributed by atoms with E-state index in [1.54, 1.807) is 12.1 Å². The number of primary amides is 1. The highest BCUT2D eigenvalue weighted by Gasteiger charge is 2.18. The van der Waals surface area contributed by atoms with Gasteiger partial charge in [-0.25, -0.2) is 19.3 Å². The van der Waals surface area contributed by atoms with Gasteiger partial charge in [0.15, 0.2) is 0 Å². The molecule has 0 saturated carbocycles. The van der Waals surface area contributed by atoms with E-state index in [2.05, 4.69) is 35.3 Å². The van der Waals surface area contributed by atoms with Crippen molar-refractivity contribution in [3.8, 4) is 0 Å². The van der Waals surface area contributed by atoms with Crippen molar-refractivity contribution >= 4 is 57.4 Å². The third kappa shape index (κ3) is 6.97. The van der Waals surface area contributed by atoms with Gasteiger partial charge < -0.3 is 36.6 Å². The monoisotopic (exact) mass is 665 g/mol. The van der Waals surface area contributed by atoms with Crippen LogP contribution in [-0.2, 0) is 26.2 Å². The average molecular weight is 666 g/mol. The number of fused-ring (bicyclic) bond motifs is 2. The first kappa shape index (κ1) is 33.2. The van der Waals surface area contributed by atoms with Gasteiger partial charge in [0.1, 0.15) is 11.6 Å². The molecule has 0 unspecified atom stereocenters. The molecule has 0 spiro atoms. The van der Waals surface area contributed by atoms with E-state index in [1.807, 2.05) is 73.5 Å². The second-order valence-corrected chi connectivity index (χ2v) is 11.9. The number of imidazole rings is 2. The Bertz CT molecular complexity index is 2130. The maximum Gasteiger partial charge on any atom is 0.251 e. The number of aromatic nitrogens is 8. The lowest BCUT2D eigenvalue weighted by molar-refractivity contribution is 0.0953. The SMILES string of the molecule is CCn1nc(C)cc1Nc1nc2cc(C(N)=O)ccc2n1CCCCn1c(Nc2cc(C)nn2CC)nc2cc(C(=O)NCCN)ccc21. The molecule has 49 heavy (non-hydrogen) atoms. The summed E-state index contributed by atoms with van der Waals surface area (Å²) in [5.74, 6) is 2.32. The van der Waals surface area contributed by atoms with Crippen LogP contribution in [-0.4, -0.2) is 63.6 Å². The Morgan fingerprint density at radius 2 is 1.22 bits per heavy atom. The van der Waals surface area contributed by atoms with Gasteiger partial charge in [-0.3, -0.25) is 9.59 Å². The van der Waals surface area contributed by atoms with E-state index < -0.39 is 5.91 Å². The summed E-state index contributed by atoms with van der Waals surface area (Å²) < 4.78 is 8.07. The molecule has 2 amide bonds. The van der Waals surface area contributed by atoms with Crippen molar-refractivity contribution < 1.29 is 9.59 Å². The topological polar surface area (TPSA) is 194 Å². The maximum absolute atomic E-state index is 12.7. The molecular weight excluding hydrogens is 622 g/mol. The number of nitrogens with zero attached hydrogens (tertiary/aromatic N) is 8. The minimum atomic E-state index is -0.497. The predicted octanol–water partition coefficient (Wildman–Crippen LogP) is 4.19. The molecule has 2 aromatic carbocycles. The Kier molecular flexibility index (Phi) is 9.62. The van der Waals surface area contributed by atoms with Crippen LogP contribution in [0.4, 0.5) is 23.5 Å². The molecule has 15 heteroatoms. The summed E-state index contributed by atoms with van der Waals surface area (Å²) in [6.45, 7) is 11.5. The normalized spacial score (nSPS) is 11.4. The second kappa shape index (κ2) is 14.2. The van der Waals surface area contributed by atoms with E-state index in [1.165, 1.54) is 0 Å². The molecule has 256 valence electrons. The van der Waals surface area contributed by atoms with Gasteiger partial charge in [0.05, 0.1) is 33.5 Å². The number of anilines is 4. The third-order valence-corrected chi connectivity index (χ3v) is 8.37. The molecule has 0 fully saturated rings. The lowest BCUT2D eigenvalue weighted by atomic mass is 10.2. The summed E-state index contributed by atoms with van der Waals surface area (Å²) in [5, 5.41) is 18.9. The number of hydrogen-bond donors (Lipinski definition) is 5. The number of nitrogens with one attached hydrogen (secondary N) is 3. The first-order valence-electron chi connectivity index (χ1n) is 16.6. The molecule has 0 aliphatic heterocycles. The van der Waals surface area contributed by atoms with Gasteiger partial charge in [0.25, 0.3) is 5.91 Å². The van der Waals surface area contributed by atoms with Gasteiger partial charge in [-0.15, -0.1) is 0 Å². The number of aryl methyl sites for hydroxylation is 6. The lowest BCUT2D eigenvalue weighted by Crippen LogP contribution is -2.28. The maximum atomic E-state index is 12.7.